The largest absolute Gasteiger partial charge is 0.328 e. The third-order valence-electron chi connectivity index (χ3n) is 5.94. The zero-order valence-electron chi connectivity index (χ0n) is 17.4. The van der Waals surface area contributed by atoms with Crippen LogP contribution in [-0.4, -0.2) is 53.2 Å². The van der Waals surface area contributed by atoms with E-state index in [1.165, 1.54) is 0 Å². The summed E-state index contributed by atoms with van der Waals surface area (Å²) in [7, 11) is 0. The zero-order chi connectivity index (χ0) is 19.8. The van der Waals surface area contributed by atoms with Crippen molar-refractivity contribution in [3.05, 3.63) is 23.5 Å². The van der Waals surface area contributed by atoms with Gasteiger partial charge in [-0.2, -0.15) is 0 Å². The first kappa shape index (κ1) is 21.7. The summed E-state index contributed by atoms with van der Waals surface area (Å²) in [6, 6.07) is 0.764. The van der Waals surface area contributed by atoms with Crippen LogP contribution in [0, 0.1) is 12.8 Å². The molecule has 0 radical (unpaired) electrons. The Labute approximate surface area is 177 Å². The monoisotopic (exact) mass is 422 g/mol. The second kappa shape index (κ2) is 8.79. The highest BCUT2D eigenvalue weighted by Gasteiger charge is 2.32. The molecule has 10 heteroatoms. The van der Waals surface area contributed by atoms with Gasteiger partial charge in [0.15, 0.2) is 11.5 Å². The maximum Gasteiger partial charge on any atom is 0.276 e. The quantitative estimate of drug-likeness (QED) is 0.809. The van der Waals surface area contributed by atoms with E-state index in [0.717, 1.165) is 43.8 Å². The highest BCUT2D eigenvalue weighted by molar-refractivity contribution is 5.92. The smallest absolute Gasteiger partial charge is 0.276 e. The number of carbonyl (C=O) groups is 1. The lowest BCUT2D eigenvalue weighted by atomic mass is 9.92. The van der Waals surface area contributed by atoms with Crippen molar-refractivity contribution in [2.24, 2.45) is 11.7 Å². The molecule has 1 fully saturated rings. The maximum atomic E-state index is 13.1. The van der Waals surface area contributed by atoms with Crippen LogP contribution in [0.4, 0.5) is 0 Å². The lowest BCUT2D eigenvalue weighted by Gasteiger charge is -2.34. The van der Waals surface area contributed by atoms with E-state index in [0.29, 0.717) is 24.7 Å². The minimum absolute atomic E-state index is 0. The highest BCUT2D eigenvalue weighted by Crippen LogP contribution is 2.29. The first-order valence-corrected chi connectivity index (χ1v) is 10.3. The van der Waals surface area contributed by atoms with Crippen molar-refractivity contribution in [1.82, 2.24) is 34.7 Å². The predicted molar refractivity (Wildman–Crippen MR) is 111 cm³/mol. The van der Waals surface area contributed by atoms with E-state index in [1.54, 1.807) is 6.20 Å². The molecule has 9 nitrogen and oxygen atoms in total. The number of amides is 1. The number of nitrogens with two attached hydrogens (primary N) is 1. The molecule has 2 aliphatic rings. The topological polar surface area (TPSA) is 108 Å². The first-order valence-electron chi connectivity index (χ1n) is 10.3. The van der Waals surface area contributed by atoms with E-state index in [4.69, 9.17) is 5.73 Å². The third kappa shape index (κ3) is 4.45. The van der Waals surface area contributed by atoms with Gasteiger partial charge in [-0.3, -0.25) is 4.79 Å². The minimum Gasteiger partial charge on any atom is -0.328 e. The molecule has 0 unspecified atom stereocenters. The van der Waals surface area contributed by atoms with Crippen molar-refractivity contribution in [2.45, 2.75) is 77.5 Å². The van der Waals surface area contributed by atoms with Crippen molar-refractivity contribution < 1.29 is 4.79 Å². The van der Waals surface area contributed by atoms with Crippen LogP contribution in [0.1, 0.15) is 80.2 Å². The molecule has 3 heterocycles. The summed E-state index contributed by atoms with van der Waals surface area (Å²) in [6.07, 6.45) is 6.73. The summed E-state index contributed by atoms with van der Waals surface area (Å²) < 4.78 is 4.03. The van der Waals surface area contributed by atoms with Gasteiger partial charge in [0.05, 0.1) is 24.8 Å². The molecule has 0 saturated heterocycles. The number of halogens is 1. The Morgan fingerprint density at radius 1 is 1.21 bits per heavy atom. The first-order chi connectivity index (χ1) is 13.4. The number of rotatable bonds is 4. The summed E-state index contributed by atoms with van der Waals surface area (Å²) in [5.74, 6) is 2.19. The highest BCUT2D eigenvalue weighted by atomic mass is 35.5. The van der Waals surface area contributed by atoms with Crippen molar-refractivity contribution in [3.8, 4) is 0 Å². The van der Waals surface area contributed by atoms with E-state index >= 15 is 0 Å². The van der Waals surface area contributed by atoms with Gasteiger partial charge in [0.2, 0.25) is 0 Å². The van der Waals surface area contributed by atoms with Crippen molar-refractivity contribution >= 4 is 18.3 Å². The SMILES string of the molecule is Cc1nnc2n1[C@@H](CC(C)C)CN(C(=O)c1cn(C3CCC(N)CC3)nn1)C2.Cl. The van der Waals surface area contributed by atoms with E-state index < -0.39 is 0 Å². The molecule has 160 valence electrons. The molecule has 0 bridgehead atoms. The molecule has 2 aromatic rings. The van der Waals surface area contributed by atoms with Crippen LogP contribution in [0.25, 0.3) is 0 Å². The Morgan fingerprint density at radius 2 is 1.93 bits per heavy atom. The van der Waals surface area contributed by atoms with E-state index in [9.17, 15) is 4.79 Å². The fourth-order valence-corrected chi connectivity index (χ4v) is 4.53. The Hall–Kier alpha value is -2.00. The molecule has 1 aliphatic carbocycles. The Balaban J connectivity index is 0.00000240. The Kier molecular flexibility index (Phi) is 6.58. The van der Waals surface area contributed by atoms with Gasteiger partial charge in [-0.15, -0.1) is 27.7 Å². The van der Waals surface area contributed by atoms with Gasteiger partial charge < -0.3 is 15.2 Å². The molecule has 0 spiro atoms. The van der Waals surface area contributed by atoms with Crippen LogP contribution < -0.4 is 5.73 Å². The van der Waals surface area contributed by atoms with E-state index in [2.05, 4.69) is 38.9 Å². The average Bonchev–Trinajstić information content (AvgIpc) is 3.29. The second-order valence-corrected chi connectivity index (χ2v) is 8.65. The third-order valence-corrected chi connectivity index (χ3v) is 5.94. The van der Waals surface area contributed by atoms with Crippen molar-refractivity contribution in [1.29, 1.82) is 0 Å². The molecule has 0 aromatic carbocycles. The van der Waals surface area contributed by atoms with Crippen molar-refractivity contribution in [3.63, 3.8) is 0 Å². The van der Waals surface area contributed by atoms with Gasteiger partial charge in [-0.05, 0) is 44.9 Å². The Morgan fingerprint density at radius 3 is 2.62 bits per heavy atom. The summed E-state index contributed by atoms with van der Waals surface area (Å²) in [6.45, 7) is 7.47. The number of aromatic nitrogens is 6. The Bertz CT molecular complexity index is 839. The second-order valence-electron chi connectivity index (χ2n) is 8.65. The minimum atomic E-state index is -0.0839. The predicted octanol–water partition coefficient (Wildman–Crippen LogP) is 2.29. The molecule has 29 heavy (non-hydrogen) atoms. The molecule has 1 amide bonds. The van der Waals surface area contributed by atoms with E-state index in [1.807, 2.05) is 16.5 Å². The standard InChI is InChI=1S/C19H30N8O.ClH/c1-12(2)8-16-9-25(11-18-23-21-13(3)27(16)18)19(28)17-10-26(24-22-17)15-6-4-14(20)5-7-15;/h10,12,14-16H,4-9,11,20H2,1-3H3;1H/t14?,15?,16-;/m0./s1. The summed E-state index contributed by atoms with van der Waals surface area (Å²) >= 11 is 0. The van der Waals surface area contributed by atoms with Crippen LogP contribution in [0.2, 0.25) is 0 Å². The maximum absolute atomic E-state index is 13.1. The van der Waals surface area contributed by atoms with Gasteiger partial charge in [-0.25, -0.2) is 4.68 Å². The lowest BCUT2D eigenvalue weighted by molar-refractivity contribution is 0.0654. The van der Waals surface area contributed by atoms with Gasteiger partial charge in [0.25, 0.3) is 5.91 Å². The van der Waals surface area contributed by atoms with Crippen molar-refractivity contribution in [2.75, 3.05) is 6.54 Å². The molecular formula is C19H31ClN8O. The number of aryl methyl sites for hydroxylation is 1. The summed E-state index contributed by atoms with van der Waals surface area (Å²) in [5.41, 5.74) is 6.40. The number of nitrogens with zero attached hydrogens (tertiary/aromatic N) is 7. The average molecular weight is 423 g/mol. The molecule has 1 aliphatic heterocycles. The number of hydrogen-bond donors (Lipinski definition) is 1. The van der Waals surface area contributed by atoms with Crippen LogP contribution >= 0.6 is 12.4 Å². The van der Waals surface area contributed by atoms with Crippen LogP contribution in [0.3, 0.4) is 0 Å². The molecule has 4 rings (SSSR count). The lowest BCUT2D eigenvalue weighted by Crippen LogP contribution is -2.42. The normalized spacial score (nSPS) is 24.3. The molecule has 2 aromatic heterocycles. The molecule has 1 atom stereocenters. The summed E-state index contributed by atoms with van der Waals surface area (Å²) in [5, 5.41) is 16.9. The molecular weight excluding hydrogens is 392 g/mol. The number of fused-ring (bicyclic) bond motifs is 1. The van der Waals surface area contributed by atoms with Gasteiger partial charge in [0, 0.05) is 12.6 Å². The van der Waals surface area contributed by atoms with E-state index in [-0.39, 0.29) is 36.4 Å². The van der Waals surface area contributed by atoms with Crippen LogP contribution in [0.15, 0.2) is 6.20 Å². The fourth-order valence-electron chi connectivity index (χ4n) is 4.53. The molecule has 1 saturated carbocycles. The fraction of sp³-hybridized carbons (Fsp3) is 0.737. The van der Waals surface area contributed by atoms with Gasteiger partial charge >= 0.3 is 0 Å². The number of carbonyl (C=O) groups excluding carboxylic acids is 1. The van der Waals surface area contributed by atoms with Crippen LogP contribution in [0.5, 0.6) is 0 Å². The zero-order valence-corrected chi connectivity index (χ0v) is 18.2. The van der Waals surface area contributed by atoms with Gasteiger partial charge in [0.1, 0.15) is 5.82 Å². The van der Waals surface area contributed by atoms with Gasteiger partial charge in [-0.1, -0.05) is 19.1 Å². The number of hydrogen-bond acceptors (Lipinski definition) is 6. The van der Waals surface area contributed by atoms with Crippen LogP contribution in [-0.2, 0) is 6.54 Å². The molecule has 2 N–H and O–H groups in total. The summed E-state index contributed by atoms with van der Waals surface area (Å²) in [4.78, 5) is 15.0.